The largest absolute Gasteiger partial charge is 0.271 e. The molecule has 0 aliphatic rings. The molecule has 1 aromatic carbocycles. The van der Waals surface area contributed by atoms with Crippen LogP contribution in [0.4, 0.5) is 4.39 Å². The quantitative estimate of drug-likeness (QED) is 0.583. The molecule has 0 aliphatic carbocycles. The Morgan fingerprint density at radius 2 is 2.16 bits per heavy atom. The Morgan fingerprint density at radius 3 is 2.68 bits per heavy atom. The average Bonchev–Trinajstić information content (AvgIpc) is 2.36. The monoisotopic (exact) mass is 352 g/mol. The summed E-state index contributed by atoms with van der Waals surface area (Å²) in [5, 5.41) is 0. The number of rotatable bonds is 7. The highest BCUT2D eigenvalue weighted by atomic mass is 79.9. The van der Waals surface area contributed by atoms with Gasteiger partial charge in [0.1, 0.15) is 15.7 Å². The summed E-state index contributed by atoms with van der Waals surface area (Å²) in [4.78, 5) is 0. The normalized spacial score (nSPS) is 13.5. The number of nitrogens with two attached hydrogens (primary N) is 1. The first-order chi connectivity index (χ1) is 8.91. The van der Waals surface area contributed by atoms with E-state index in [0.717, 1.165) is 0 Å². The zero-order valence-electron chi connectivity index (χ0n) is 10.7. The van der Waals surface area contributed by atoms with Crippen molar-refractivity contribution in [2.45, 2.75) is 25.8 Å². The molecular weight excluding hydrogens is 335 g/mol. The first-order valence-electron chi connectivity index (χ1n) is 6.01. The lowest BCUT2D eigenvalue weighted by molar-refractivity contribution is 0.477. The Morgan fingerprint density at radius 1 is 1.47 bits per heavy atom. The van der Waals surface area contributed by atoms with E-state index >= 15 is 0 Å². The van der Waals surface area contributed by atoms with Crippen molar-refractivity contribution in [3.8, 4) is 0 Å². The number of hydrazine groups is 1. The molecule has 0 saturated carbocycles. The van der Waals surface area contributed by atoms with E-state index in [0.29, 0.717) is 22.9 Å². The molecule has 4 nitrogen and oxygen atoms in total. The number of hydrogen-bond donors (Lipinski definition) is 2. The van der Waals surface area contributed by atoms with Crippen molar-refractivity contribution in [3.05, 3.63) is 34.1 Å². The summed E-state index contributed by atoms with van der Waals surface area (Å²) in [7, 11) is -3.00. The molecule has 1 aromatic rings. The molecule has 1 atom stereocenters. The molecule has 1 unspecified atom stereocenters. The van der Waals surface area contributed by atoms with Crippen molar-refractivity contribution in [2.75, 3.05) is 11.5 Å². The maximum Gasteiger partial charge on any atom is 0.150 e. The summed E-state index contributed by atoms with van der Waals surface area (Å²) in [5.74, 6) is 5.29. The Balaban J connectivity index is 2.74. The third kappa shape index (κ3) is 4.83. The predicted molar refractivity (Wildman–Crippen MR) is 77.7 cm³/mol. The van der Waals surface area contributed by atoms with Gasteiger partial charge in [-0.3, -0.25) is 11.3 Å². The van der Waals surface area contributed by atoms with Crippen LogP contribution in [0.15, 0.2) is 22.7 Å². The predicted octanol–water partition coefficient (Wildman–Crippen LogP) is 2.31. The molecule has 0 radical (unpaired) electrons. The highest BCUT2D eigenvalue weighted by Gasteiger charge is 2.18. The fourth-order valence-electron chi connectivity index (χ4n) is 1.81. The maximum atomic E-state index is 13.8. The third-order valence-corrected chi connectivity index (χ3v) is 5.42. The van der Waals surface area contributed by atoms with Crippen LogP contribution < -0.4 is 11.3 Å². The van der Waals surface area contributed by atoms with E-state index in [4.69, 9.17) is 5.84 Å². The second-order valence-corrected chi connectivity index (χ2v) is 7.56. The number of halogens is 2. The minimum atomic E-state index is -3.00. The van der Waals surface area contributed by atoms with E-state index in [1.54, 1.807) is 19.1 Å². The van der Waals surface area contributed by atoms with Crippen LogP contribution in [-0.2, 0) is 9.84 Å². The second kappa shape index (κ2) is 7.33. The van der Waals surface area contributed by atoms with Crippen molar-refractivity contribution in [2.24, 2.45) is 5.84 Å². The van der Waals surface area contributed by atoms with Gasteiger partial charge < -0.3 is 0 Å². The van der Waals surface area contributed by atoms with Crippen LogP contribution in [0.2, 0.25) is 0 Å². The van der Waals surface area contributed by atoms with Gasteiger partial charge in [0.05, 0.1) is 11.8 Å². The van der Waals surface area contributed by atoms with E-state index in [2.05, 4.69) is 21.4 Å². The second-order valence-electron chi connectivity index (χ2n) is 4.23. The molecule has 0 amide bonds. The number of nitrogens with one attached hydrogen (secondary N) is 1. The molecule has 1 rings (SSSR count). The highest BCUT2D eigenvalue weighted by Crippen LogP contribution is 2.28. The van der Waals surface area contributed by atoms with E-state index in [-0.39, 0.29) is 17.3 Å². The number of hydrogen-bond acceptors (Lipinski definition) is 4. The fourth-order valence-corrected chi connectivity index (χ4v) is 3.32. The Hall–Kier alpha value is -0.500. The molecule has 0 saturated heterocycles. The molecule has 108 valence electrons. The lowest BCUT2D eigenvalue weighted by Crippen LogP contribution is -2.29. The summed E-state index contributed by atoms with van der Waals surface area (Å²) in [6.07, 6.45) is 0.890. The minimum absolute atomic E-state index is 0.0910. The van der Waals surface area contributed by atoms with Gasteiger partial charge >= 0.3 is 0 Å². The van der Waals surface area contributed by atoms with E-state index in [1.165, 1.54) is 6.07 Å². The number of sulfone groups is 1. The summed E-state index contributed by atoms with van der Waals surface area (Å²) in [5.41, 5.74) is 2.97. The van der Waals surface area contributed by atoms with Crippen molar-refractivity contribution < 1.29 is 12.8 Å². The standard InChI is InChI=1S/C12H18BrFN2O2S/c1-2-19(17,18)8-4-7-11(16-15)12-9(13)5-3-6-10(12)14/h3,5-6,11,16H,2,4,7-8,15H2,1H3. The summed E-state index contributed by atoms with van der Waals surface area (Å²) >= 11 is 3.28. The van der Waals surface area contributed by atoms with Crippen LogP contribution >= 0.6 is 15.9 Å². The molecule has 7 heteroatoms. The molecule has 0 aromatic heterocycles. The van der Waals surface area contributed by atoms with Crippen LogP contribution in [0, 0.1) is 5.82 Å². The molecule has 0 fully saturated rings. The summed E-state index contributed by atoms with van der Waals surface area (Å²) in [6.45, 7) is 1.61. The van der Waals surface area contributed by atoms with Gasteiger partial charge in [0.2, 0.25) is 0 Å². The smallest absolute Gasteiger partial charge is 0.150 e. The first kappa shape index (κ1) is 16.6. The molecule has 3 N–H and O–H groups in total. The van der Waals surface area contributed by atoms with Gasteiger partial charge in [0, 0.05) is 15.8 Å². The lowest BCUT2D eigenvalue weighted by atomic mass is 10.0. The molecular formula is C12H18BrFN2O2S. The Kier molecular flexibility index (Phi) is 6.38. The zero-order valence-corrected chi connectivity index (χ0v) is 13.1. The van der Waals surface area contributed by atoms with Gasteiger partial charge in [-0.1, -0.05) is 28.9 Å². The van der Waals surface area contributed by atoms with Gasteiger partial charge in [0.25, 0.3) is 0 Å². The van der Waals surface area contributed by atoms with Crippen LogP contribution in [0.1, 0.15) is 31.4 Å². The molecule has 0 heterocycles. The van der Waals surface area contributed by atoms with Crippen molar-refractivity contribution in [3.63, 3.8) is 0 Å². The van der Waals surface area contributed by atoms with E-state index < -0.39 is 15.9 Å². The first-order valence-corrected chi connectivity index (χ1v) is 8.63. The van der Waals surface area contributed by atoms with Crippen LogP contribution in [0.3, 0.4) is 0 Å². The van der Waals surface area contributed by atoms with Crippen molar-refractivity contribution in [1.29, 1.82) is 0 Å². The highest BCUT2D eigenvalue weighted by molar-refractivity contribution is 9.10. The molecule has 0 aliphatic heterocycles. The summed E-state index contributed by atoms with van der Waals surface area (Å²) < 4.78 is 37.2. The van der Waals surface area contributed by atoms with Crippen molar-refractivity contribution in [1.82, 2.24) is 5.43 Å². The molecule has 19 heavy (non-hydrogen) atoms. The van der Waals surface area contributed by atoms with Gasteiger partial charge in [-0.2, -0.15) is 0 Å². The average molecular weight is 353 g/mol. The molecule has 0 bridgehead atoms. The maximum absolute atomic E-state index is 13.8. The Labute approximate surface area is 121 Å². The zero-order chi connectivity index (χ0) is 14.5. The Bertz CT molecular complexity index is 502. The minimum Gasteiger partial charge on any atom is -0.271 e. The van der Waals surface area contributed by atoms with Crippen molar-refractivity contribution >= 4 is 25.8 Å². The van der Waals surface area contributed by atoms with Gasteiger partial charge in [-0.05, 0) is 25.0 Å². The third-order valence-electron chi connectivity index (χ3n) is 2.94. The number of benzene rings is 1. The summed E-state index contributed by atoms with van der Waals surface area (Å²) in [6, 6.07) is 4.26. The van der Waals surface area contributed by atoms with Gasteiger partial charge in [-0.25, -0.2) is 12.8 Å². The van der Waals surface area contributed by atoms with Gasteiger partial charge in [-0.15, -0.1) is 0 Å². The van der Waals surface area contributed by atoms with Crippen LogP contribution in [-0.4, -0.2) is 19.9 Å². The van der Waals surface area contributed by atoms with Crippen LogP contribution in [0.25, 0.3) is 0 Å². The van der Waals surface area contributed by atoms with E-state index in [1.807, 2.05) is 0 Å². The topological polar surface area (TPSA) is 72.2 Å². The van der Waals surface area contributed by atoms with Gasteiger partial charge in [0.15, 0.2) is 0 Å². The SMILES string of the molecule is CCS(=O)(=O)CCCC(NN)c1c(F)cccc1Br. The van der Waals surface area contributed by atoms with Crippen LogP contribution in [0.5, 0.6) is 0 Å². The van der Waals surface area contributed by atoms with E-state index in [9.17, 15) is 12.8 Å². The lowest BCUT2D eigenvalue weighted by Gasteiger charge is -2.18. The molecule has 0 spiro atoms. The fraction of sp³-hybridized carbons (Fsp3) is 0.500.